The third-order valence-electron chi connectivity index (χ3n) is 3.78. The first kappa shape index (κ1) is 13.8. The molecule has 7 heteroatoms. The SMILES string of the molecule is Cc1cc(C(=O)N2CCCCC[C@H]2c2noc(C)n2)n[nH]1. The van der Waals surface area contributed by atoms with Crippen molar-refractivity contribution in [1.82, 2.24) is 25.2 Å². The highest BCUT2D eigenvalue weighted by Gasteiger charge is 2.31. The molecule has 7 nitrogen and oxygen atoms in total. The van der Waals surface area contributed by atoms with E-state index < -0.39 is 0 Å². The van der Waals surface area contributed by atoms with Crippen molar-refractivity contribution in [3.63, 3.8) is 0 Å². The maximum atomic E-state index is 12.7. The Balaban J connectivity index is 1.90. The third kappa shape index (κ3) is 2.81. The highest BCUT2D eigenvalue weighted by atomic mass is 16.5. The number of aromatic nitrogens is 4. The molecule has 0 spiro atoms. The van der Waals surface area contributed by atoms with E-state index in [1.807, 2.05) is 11.8 Å². The van der Waals surface area contributed by atoms with Gasteiger partial charge in [-0.2, -0.15) is 10.1 Å². The van der Waals surface area contributed by atoms with Crippen LogP contribution >= 0.6 is 0 Å². The Kier molecular flexibility index (Phi) is 3.72. The molecule has 1 fully saturated rings. The van der Waals surface area contributed by atoms with Gasteiger partial charge in [0.05, 0.1) is 6.04 Å². The Bertz CT molecular complexity index is 633. The molecule has 3 rings (SSSR count). The fourth-order valence-corrected chi connectivity index (χ4v) is 2.74. The first-order valence-corrected chi connectivity index (χ1v) is 7.28. The Morgan fingerprint density at radius 3 is 2.90 bits per heavy atom. The predicted octanol–water partition coefficient (Wildman–Crippen LogP) is 2.17. The summed E-state index contributed by atoms with van der Waals surface area (Å²) in [6, 6.07) is 1.64. The molecule has 0 saturated carbocycles. The van der Waals surface area contributed by atoms with Gasteiger partial charge in [0.15, 0.2) is 5.82 Å². The van der Waals surface area contributed by atoms with E-state index in [9.17, 15) is 4.79 Å². The molecular weight excluding hydrogens is 270 g/mol. The number of nitrogens with zero attached hydrogens (tertiary/aromatic N) is 4. The first-order valence-electron chi connectivity index (χ1n) is 7.28. The second-order valence-corrected chi connectivity index (χ2v) is 5.47. The number of likely N-dealkylation sites (tertiary alicyclic amines) is 1. The van der Waals surface area contributed by atoms with Crippen LogP contribution in [0.15, 0.2) is 10.6 Å². The highest BCUT2D eigenvalue weighted by Crippen LogP contribution is 2.29. The summed E-state index contributed by atoms with van der Waals surface area (Å²) in [6.45, 7) is 4.34. The summed E-state index contributed by atoms with van der Waals surface area (Å²) in [5.41, 5.74) is 1.32. The molecule has 1 N–H and O–H groups in total. The molecule has 0 bridgehead atoms. The van der Waals surface area contributed by atoms with Gasteiger partial charge in [-0.3, -0.25) is 9.89 Å². The Hall–Kier alpha value is -2.18. The van der Waals surface area contributed by atoms with Gasteiger partial charge in [0.1, 0.15) is 5.69 Å². The average molecular weight is 289 g/mol. The highest BCUT2D eigenvalue weighted by molar-refractivity contribution is 5.92. The summed E-state index contributed by atoms with van der Waals surface area (Å²) in [4.78, 5) is 18.8. The Morgan fingerprint density at radius 2 is 2.24 bits per heavy atom. The molecule has 3 heterocycles. The summed E-state index contributed by atoms with van der Waals surface area (Å²) in [7, 11) is 0. The van der Waals surface area contributed by atoms with E-state index in [-0.39, 0.29) is 11.9 Å². The van der Waals surface area contributed by atoms with E-state index >= 15 is 0 Å². The standard InChI is InChI=1S/C14H19N5O2/c1-9-8-11(17-16-9)14(20)19-7-5-3-4-6-12(19)13-15-10(2)21-18-13/h8,12H,3-7H2,1-2H3,(H,16,17)/t12-/m0/s1. The molecule has 1 amide bonds. The topological polar surface area (TPSA) is 87.9 Å². The number of aryl methyl sites for hydroxylation is 2. The molecule has 112 valence electrons. The summed E-state index contributed by atoms with van der Waals surface area (Å²) >= 11 is 0. The number of H-pyrrole nitrogens is 1. The molecule has 2 aromatic heterocycles. The van der Waals surface area contributed by atoms with Gasteiger partial charge in [-0.15, -0.1) is 0 Å². The summed E-state index contributed by atoms with van der Waals surface area (Å²) in [5.74, 6) is 1.04. The van der Waals surface area contributed by atoms with Gasteiger partial charge < -0.3 is 9.42 Å². The molecule has 1 aliphatic heterocycles. The van der Waals surface area contributed by atoms with Crippen LogP contribution in [0.5, 0.6) is 0 Å². The number of amides is 1. The minimum absolute atomic E-state index is 0.0753. The number of rotatable bonds is 2. The van der Waals surface area contributed by atoms with Gasteiger partial charge >= 0.3 is 0 Å². The fraction of sp³-hybridized carbons (Fsp3) is 0.571. The van der Waals surface area contributed by atoms with Crippen LogP contribution in [0.2, 0.25) is 0 Å². The van der Waals surface area contributed by atoms with Crippen LogP contribution in [0.4, 0.5) is 0 Å². The maximum Gasteiger partial charge on any atom is 0.274 e. The summed E-state index contributed by atoms with van der Waals surface area (Å²) in [5, 5.41) is 10.9. The lowest BCUT2D eigenvalue weighted by Gasteiger charge is -2.27. The normalized spacial score (nSPS) is 19.5. The number of nitrogens with one attached hydrogen (secondary N) is 1. The minimum Gasteiger partial charge on any atom is -0.340 e. The van der Waals surface area contributed by atoms with E-state index in [1.165, 1.54) is 0 Å². The molecule has 0 radical (unpaired) electrons. The summed E-state index contributed by atoms with van der Waals surface area (Å²) < 4.78 is 5.08. The largest absolute Gasteiger partial charge is 0.340 e. The van der Waals surface area contributed by atoms with Gasteiger partial charge in [0.25, 0.3) is 5.91 Å². The lowest BCUT2D eigenvalue weighted by molar-refractivity contribution is 0.0664. The second kappa shape index (κ2) is 5.67. The second-order valence-electron chi connectivity index (χ2n) is 5.47. The third-order valence-corrected chi connectivity index (χ3v) is 3.78. The Labute approximate surface area is 122 Å². The van der Waals surface area contributed by atoms with Crippen LogP contribution in [0.25, 0.3) is 0 Å². The van der Waals surface area contributed by atoms with E-state index in [2.05, 4.69) is 20.3 Å². The van der Waals surface area contributed by atoms with E-state index in [1.54, 1.807) is 13.0 Å². The molecule has 1 saturated heterocycles. The number of hydrogen-bond acceptors (Lipinski definition) is 5. The lowest BCUT2D eigenvalue weighted by atomic mass is 10.1. The van der Waals surface area contributed by atoms with Gasteiger partial charge in [-0.25, -0.2) is 0 Å². The molecule has 1 atom stereocenters. The van der Waals surface area contributed by atoms with Crippen LogP contribution in [0.3, 0.4) is 0 Å². The quantitative estimate of drug-likeness (QED) is 0.915. The van der Waals surface area contributed by atoms with Crippen molar-refractivity contribution in [2.24, 2.45) is 0 Å². The van der Waals surface area contributed by atoms with Gasteiger partial charge in [0.2, 0.25) is 5.89 Å². The van der Waals surface area contributed by atoms with Crippen LogP contribution in [-0.2, 0) is 0 Å². The van der Waals surface area contributed by atoms with Crippen LogP contribution in [0.1, 0.15) is 59.6 Å². The molecule has 0 aromatic carbocycles. The monoisotopic (exact) mass is 289 g/mol. The van der Waals surface area contributed by atoms with Crippen molar-refractivity contribution in [2.75, 3.05) is 6.54 Å². The van der Waals surface area contributed by atoms with Crippen molar-refractivity contribution < 1.29 is 9.32 Å². The zero-order chi connectivity index (χ0) is 14.8. The fourth-order valence-electron chi connectivity index (χ4n) is 2.74. The lowest BCUT2D eigenvalue weighted by Crippen LogP contribution is -2.35. The van der Waals surface area contributed by atoms with Crippen molar-refractivity contribution in [2.45, 2.75) is 45.6 Å². The molecular formula is C14H19N5O2. The number of hydrogen-bond donors (Lipinski definition) is 1. The molecule has 2 aromatic rings. The van der Waals surface area contributed by atoms with Crippen molar-refractivity contribution in [3.05, 3.63) is 29.2 Å². The summed E-state index contributed by atoms with van der Waals surface area (Å²) in [6.07, 6.45) is 4.01. The van der Waals surface area contributed by atoms with E-state index in [0.29, 0.717) is 24.0 Å². The van der Waals surface area contributed by atoms with Crippen molar-refractivity contribution >= 4 is 5.91 Å². The zero-order valence-corrected chi connectivity index (χ0v) is 12.3. The number of carbonyl (C=O) groups excluding carboxylic acids is 1. The first-order chi connectivity index (χ1) is 10.1. The van der Waals surface area contributed by atoms with Crippen LogP contribution in [0, 0.1) is 13.8 Å². The Morgan fingerprint density at radius 1 is 1.38 bits per heavy atom. The smallest absolute Gasteiger partial charge is 0.274 e. The molecule has 1 aliphatic rings. The van der Waals surface area contributed by atoms with E-state index in [0.717, 1.165) is 31.4 Å². The number of carbonyl (C=O) groups is 1. The van der Waals surface area contributed by atoms with Crippen molar-refractivity contribution in [1.29, 1.82) is 0 Å². The minimum atomic E-state index is -0.130. The molecule has 21 heavy (non-hydrogen) atoms. The van der Waals surface area contributed by atoms with E-state index in [4.69, 9.17) is 4.52 Å². The molecule has 0 aliphatic carbocycles. The maximum absolute atomic E-state index is 12.7. The van der Waals surface area contributed by atoms with Crippen LogP contribution < -0.4 is 0 Å². The average Bonchev–Trinajstić information content (AvgIpc) is 3.00. The number of aromatic amines is 1. The van der Waals surface area contributed by atoms with Gasteiger partial charge in [-0.1, -0.05) is 18.0 Å². The van der Waals surface area contributed by atoms with Gasteiger partial charge in [0, 0.05) is 19.2 Å². The van der Waals surface area contributed by atoms with Crippen molar-refractivity contribution in [3.8, 4) is 0 Å². The van der Waals surface area contributed by atoms with Crippen LogP contribution in [-0.4, -0.2) is 37.7 Å². The zero-order valence-electron chi connectivity index (χ0n) is 12.3. The molecule has 0 unspecified atom stereocenters. The predicted molar refractivity (Wildman–Crippen MR) is 74.6 cm³/mol. The van der Waals surface area contributed by atoms with Gasteiger partial charge in [-0.05, 0) is 25.8 Å².